The standard InChI is InChI=1S/C18H17F2NO3S/c1-23-15-5-3-4-12(17(15)24-2)18-21(16(22)10-25-18)9-11-6-7-13(19)14(20)8-11/h3-8,18H,9-10H2,1-2H3. The van der Waals surface area contributed by atoms with Crippen LogP contribution in [0.1, 0.15) is 16.5 Å². The van der Waals surface area contributed by atoms with Gasteiger partial charge in [0.15, 0.2) is 23.1 Å². The number of rotatable bonds is 5. The van der Waals surface area contributed by atoms with Crippen molar-refractivity contribution in [1.82, 2.24) is 4.90 Å². The second-order valence-corrected chi connectivity index (χ2v) is 6.58. The number of ether oxygens (including phenoxy) is 2. The summed E-state index contributed by atoms with van der Waals surface area (Å²) in [6, 6.07) is 9.15. The molecule has 132 valence electrons. The molecule has 0 aromatic heterocycles. The van der Waals surface area contributed by atoms with Crippen molar-refractivity contribution in [3.8, 4) is 11.5 Å². The number of halogens is 2. The molecule has 1 saturated heterocycles. The zero-order valence-corrected chi connectivity index (χ0v) is 14.6. The number of carbonyl (C=O) groups is 1. The Morgan fingerprint density at radius 3 is 2.64 bits per heavy atom. The van der Waals surface area contributed by atoms with E-state index >= 15 is 0 Å². The van der Waals surface area contributed by atoms with Gasteiger partial charge in [-0.3, -0.25) is 4.79 Å². The average Bonchev–Trinajstić information content (AvgIpc) is 2.97. The van der Waals surface area contributed by atoms with Crippen LogP contribution >= 0.6 is 11.8 Å². The summed E-state index contributed by atoms with van der Waals surface area (Å²) in [5.41, 5.74) is 1.34. The number of amides is 1. The Hall–Kier alpha value is -2.28. The number of methoxy groups -OCH3 is 2. The second kappa shape index (κ2) is 7.31. The van der Waals surface area contributed by atoms with Gasteiger partial charge in [-0.25, -0.2) is 8.78 Å². The summed E-state index contributed by atoms with van der Waals surface area (Å²) in [4.78, 5) is 14.0. The maximum atomic E-state index is 13.5. The van der Waals surface area contributed by atoms with E-state index in [0.717, 1.165) is 17.7 Å². The number of thioether (sulfide) groups is 1. The number of benzene rings is 2. The van der Waals surface area contributed by atoms with Gasteiger partial charge in [-0.2, -0.15) is 0 Å². The highest BCUT2D eigenvalue weighted by Gasteiger charge is 2.35. The first-order valence-corrected chi connectivity index (χ1v) is 8.66. The van der Waals surface area contributed by atoms with Crippen LogP contribution in [0.2, 0.25) is 0 Å². The Bertz CT molecular complexity index is 800. The predicted octanol–water partition coefficient (Wildman–Crippen LogP) is 3.76. The lowest BCUT2D eigenvalue weighted by Gasteiger charge is -2.26. The van der Waals surface area contributed by atoms with E-state index in [1.165, 1.54) is 17.8 Å². The summed E-state index contributed by atoms with van der Waals surface area (Å²) in [6.07, 6.45) is 0. The van der Waals surface area contributed by atoms with E-state index in [0.29, 0.717) is 22.8 Å². The van der Waals surface area contributed by atoms with Crippen LogP contribution in [0.5, 0.6) is 11.5 Å². The van der Waals surface area contributed by atoms with Gasteiger partial charge in [0.25, 0.3) is 0 Å². The van der Waals surface area contributed by atoms with Gasteiger partial charge < -0.3 is 14.4 Å². The molecule has 7 heteroatoms. The summed E-state index contributed by atoms with van der Waals surface area (Å²) >= 11 is 1.46. The lowest BCUT2D eigenvalue weighted by atomic mass is 10.1. The third kappa shape index (κ3) is 3.42. The van der Waals surface area contributed by atoms with Crippen molar-refractivity contribution in [2.24, 2.45) is 0 Å². The van der Waals surface area contributed by atoms with Crippen LogP contribution in [0.4, 0.5) is 8.78 Å². The maximum Gasteiger partial charge on any atom is 0.234 e. The Morgan fingerprint density at radius 1 is 1.16 bits per heavy atom. The van der Waals surface area contributed by atoms with Gasteiger partial charge >= 0.3 is 0 Å². The van der Waals surface area contributed by atoms with Crippen LogP contribution in [-0.4, -0.2) is 30.8 Å². The number of hydrogen-bond acceptors (Lipinski definition) is 4. The lowest BCUT2D eigenvalue weighted by molar-refractivity contribution is -0.128. The van der Waals surface area contributed by atoms with Crippen molar-refractivity contribution >= 4 is 17.7 Å². The molecule has 0 spiro atoms. The molecule has 1 amide bonds. The number of carbonyl (C=O) groups excluding carboxylic acids is 1. The zero-order chi connectivity index (χ0) is 18.0. The monoisotopic (exact) mass is 365 g/mol. The molecule has 2 aromatic carbocycles. The minimum Gasteiger partial charge on any atom is -0.493 e. The molecule has 1 fully saturated rings. The highest BCUT2D eigenvalue weighted by atomic mass is 32.2. The first-order chi connectivity index (χ1) is 12.0. The molecule has 1 aliphatic heterocycles. The van der Waals surface area contributed by atoms with Crippen molar-refractivity contribution in [2.45, 2.75) is 11.9 Å². The van der Waals surface area contributed by atoms with Crippen LogP contribution in [0.15, 0.2) is 36.4 Å². The third-order valence-electron chi connectivity index (χ3n) is 4.00. The molecule has 1 heterocycles. The Kier molecular flexibility index (Phi) is 5.13. The molecule has 1 unspecified atom stereocenters. The van der Waals surface area contributed by atoms with E-state index in [2.05, 4.69) is 0 Å². The van der Waals surface area contributed by atoms with Crippen molar-refractivity contribution in [3.05, 3.63) is 59.2 Å². The molecule has 0 aliphatic carbocycles. The Balaban J connectivity index is 1.93. The van der Waals surface area contributed by atoms with Gasteiger partial charge in [-0.1, -0.05) is 18.2 Å². The largest absolute Gasteiger partial charge is 0.493 e. The Labute approximate surface area is 148 Å². The fraction of sp³-hybridized carbons (Fsp3) is 0.278. The molecule has 0 radical (unpaired) electrons. The van der Waals surface area contributed by atoms with Crippen LogP contribution in [0.25, 0.3) is 0 Å². The van der Waals surface area contributed by atoms with E-state index < -0.39 is 11.6 Å². The molecule has 1 aliphatic rings. The Morgan fingerprint density at radius 2 is 1.96 bits per heavy atom. The number of para-hydroxylation sites is 1. The zero-order valence-electron chi connectivity index (χ0n) is 13.8. The predicted molar refractivity (Wildman–Crippen MR) is 91.7 cm³/mol. The fourth-order valence-corrected chi connectivity index (χ4v) is 4.03. The highest BCUT2D eigenvalue weighted by molar-refractivity contribution is 8.00. The lowest BCUT2D eigenvalue weighted by Crippen LogP contribution is -2.28. The average molecular weight is 365 g/mol. The number of hydrogen-bond donors (Lipinski definition) is 0. The van der Waals surface area contributed by atoms with E-state index in [-0.39, 0.29) is 17.8 Å². The van der Waals surface area contributed by atoms with Gasteiger partial charge in [0.1, 0.15) is 5.37 Å². The summed E-state index contributed by atoms with van der Waals surface area (Å²) < 4.78 is 37.4. The quantitative estimate of drug-likeness (QED) is 0.809. The van der Waals surface area contributed by atoms with Gasteiger partial charge in [0, 0.05) is 12.1 Å². The van der Waals surface area contributed by atoms with E-state index in [4.69, 9.17) is 9.47 Å². The van der Waals surface area contributed by atoms with Crippen molar-refractivity contribution in [2.75, 3.05) is 20.0 Å². The van der Waals surface area contributed by atoms with Gasteiger partial charge in [0.05, 0.1) is 20.0 Å². The molecular formula is C18H17F2NO3S. The van der Waals surface area contributed by atoms with Gasteiger partial charge in [-0.05, 0) is 23.8 Å². The third-order valence-corrected chi connectivity index (χ3v) is 5.24. The molecule has 2 aromatic rings. The van der Waals surface area contributed by atoms with Crippen molar-refractivity contribution in [1.29, 1.82) is 0 Å². The first-order valence-electron chi connectivity index (χ1n) is 7.61. The molecule has 3 rings (SSSR count). The van der Waals surface area contributed by atoms with Crippen molar-refractivity contribution in [3.63, 3.8) is 0 Å². The molecule has 0 saturated carbocycles. The smallest absolute Gasteiger partial charge is 0.234 e. The maximum absolute atomic E-state index is 13.5. The molecule has 0 N–H and O–H groups in total. The molecular weight excluding hydrogens is 348 g/mol. The van der Waals surface area contributed by atoms with Crippen LogP contribution in [0.3, 0.4) is 0 Å². The highest BCUT2D eigenvalue weighted by Crippen LogP contribution is 2.46. The molecule has 4 nitrogen and oxygen atoms in total. The summed E-state index contributed by atoms with van der Waals surface area (Å²) in [6.45, 7) is 0.189. The molecule has 1 atom stereocenters. The second-order valence-electron chi connectivity index (χ2n) is 5.52. The van der Waals surface area contributed by atoms with E-state index in [1.54, 1.807) is 25.2 Å². The van der Waals surface area contributed by atoms with Crippen LogP contribution < -0.4 is 9.47 Å². The normalized spacial score (nSPS) is 17.0. The van der Waals surface area contributed by atoms with E-state index in [1.807, 2.05) is 12.1 Å². The summed E-state index contributed by atoms with van der Waals surface area (Å²) in [7, 11) is 3.09. The van der Waals surface area contributed by atoms with Gasteiger partial charge in [0.2, 0.25) is 5.91 Å². The minimum absolute atomic E-state index is 0.0652. The fourth-order valence-electron chi connectivity index (χ4n) is 2.82. The number of nitrogens with zero attached hydrogens (tertiary/aromatic N) is 1. The summed E-state index contributed by atoms with van der Waals surface area (Å²) in [5.74, 6) is -0.441. The molecule has 25 heavy (non-hydrogen) atoms. The van der Waals surface area contributed by atoms with Crippen LogP contribution in [-0.2, 0) is 11.3 Å². The van der Waals surface area contributed by atoms with E-state index in [9.17, 15) is 13.6 Å². The van der Waals surface area contributed by atoms with Crippen LogP contribution in [0, 0.1) is 11.6 Å². The summed E-state index contributed by atoms with van der Waals surface area (Å²) in [5, 5.41) is -0.286. The first kappa shape index (κ1) is 17.5. The topological polar surface area (TPSA) is 38.8 Å². The minimum atomic E-state index is -0.924. The SMILES string of the molecule is COc1cccc(C2SCC(=O)N2Cc2ccc(F)c(F)c2)c1OC. The van der Waals surface area contributed by atoms with Crippen molar-refractivity contribution < 1.29 is 23.0 Å². The molecule has 0 bridgehead atoms. The van der Waals surface area contributed by atoms with Gasteiger partial charge in [-0.15, -0.1) is 11.8 Å².